The Morgan fingerprint density at radius 1 is 0.575 bits per heavy atom. The number of aromatic nitrogens is 2. The smallest absolute Gasteiger partial charge is 0.136 e. The quantitative estimate of drug-likeness (QED) is 0.149. The van der Waals surface area contributed by atoms with Gasteiger partial charge in [0.2, 0.25) is 0 Å². The van der Waals surface area contributed by atoms with Gasteiger partial charge in [-0.1, -0.05) is 147 Å². The van der Waals surface area contributed by atoms with Crippen molar-refractivity contribution in [2.24, 2.45) is 0 Å². The molecule has 1 aliphatic heterocycles. The predicted octanol–water partition coefficient (Wildman–Crippen LogP) is 18.1. The van der Waals surface area contributed by atoms with Crippen LogP contribution in [0.25, 0.3) is 71.8 Å². The molecule has 12 rings (SSSR count). The second-order valence-corrected chi connectivity index (χ2v) is 21.7. The van der Waals surface area contributed by atoms with Gasteiger partial charge >= 0.3 is 0 Å². The minimum atomic E-state index is -0.481. The maximum absolute atomic E-state index is 9.48. The number of benzene rings is 8. The van der Waals surface area contributed by atoms with Crippen molar-refractivity contribution in [1.29, 1.82) is 0 Å². The Balaban J connectivity index is 0.00000675. The van der Waals surface area contributed by atoms with Gasteiger partial charge in [0.25, 0.3) is 0 Å². The molecule has 4 heterocycles. The van der Waals surface area contributed by atoms with Crippen LogP contribution in [0.1, 0.15) is 88.6 Å². The summed E-state index contributed by atoms with van der Waals surface area (Å²) < 4.78 is 76.7. The van der Waals surface area contributed by atoms with Crippen molar-refractivity contribution < 1.29 is 39.8 Å². The summed E-state index contributed by atoms with van der Waals surface area (Å²) in [6.07, 6.45) is 1.83. The van der Waals surface area contributed by atoms with Crippen molar-refractivity contribution in [3.63, 3.8) is 0 Å². The molecule has 0 amide bonds. The first-order chi connectivity index (χ1) is 37.5. The minimum absolute atomic E-state index is 0. The van der Waals surface area contributed by atoms with Gasteiger partial charge in [0.1, 0.15) is 17.0 Å². The number of hydrogen-bond donors (Lipinski definition) is 0. The zero-order valence-electron chi connectivity index (χ0n) is 49.2. The summed E-state index contributed by atoms with van der Waals surface area (Å²) in [6.45, 7) is 22.1. The Hall–Kier alpha value is -7.40. The van der Waals surface area contributed by atoms with Crippen molar-refractivity contribution in [2.45, 2.75) is 78.6 Å². The van der Waals surface area contributed by atoms with E-state index in [1.54, 1.807) is 0 Å². The molecule has 3 aromatic heterocycles. The number of rotatable bonds is 7. The molecule has 73 heavy (non-hydrogen) atoms. The molecule has 11 aromatic rings. The average molecular weight is 1140 g/mol. The molecule has 366 valence electrons. The second kappa shape index (κ2) is 18.0. The molecule has 0 bridgehead atoms. The molecule has 0 aliphatic carbocycles. The van der Waals surface area contributed by atoms with Gasteiger partial charge in [0.05, 0.1) is 9.60 Å². The SMILES string of the molecule is [2H]c1c([2H])c([2H])c2c(oc3c([2H])c(-c4ccc5c(c4)c4ccc(Oc6[c-]c(N7[CH-]N(c8cccc(C(C)(C)C)c8)c8ccccc87)ccc6)[c-]c4n5-c4cc(-c5ccc(C(C)(C)C)cc5C(C)(C)C)ccn4)c([2H])c([2H])c32)c1[2H].[Pt]. The molecule has 1 aliphatic rings. The first kappa shape index (κ1) is 40.1. The molecule has 0 N–H and O–H groups in total. The second-order valence-electron chi connectivity index (χ2n) is 21.7. The minimum Gasteiger partial charge on any atom is -0.509 e. The van der Waals surface area contributed by atoms with Gasteiger partial charge < -0.3 is 23.5 Å². The van der Waals surface area contributed by atoms with Gasteiger partial charge in [-0.15, -0.1) is 48.1 Å². The largest absolute Gasteiger partial charge is 0.509 e. The van der Waals surface area contributed by atoms with Crippen molar-refractivity contribution >= 4 is 66.5 Å². The van der Waals surface area contributed by atoms with Gasteiger partial charge in [-0.25, -0.2) is 4.98 Å². The summed E-state index contributed by atoms with van der Waals surface area (Å²) in [7, 11) is 0. The fraction of sp³-hybridized carbons (Fsp3) is 0.182. The Morgan fingerprint density at radius 3 is 2.11 bits per heavy atom. The van der Waals surface area contributed by atoms with Crippen molar-refractivity contribution in [1.82, 2.24) is 9.55 Å². The summed E-state index contributed by atoms with van der Waals surface area (Å²) >= 11 is 0. The number of nitrogens with zero attached hydrogens (tertiary/aromatic N) is 4. The number of pyridine rings is 1. The van der Waals surface area contributed by atoms with E-state index in [4.69, 9.17) is 19.6 Å². The van der Waals surface area contributed by atoms with Crippen LogP contribution < -0.4 is 14.5 Å². The van der Waals surface area contributed by atoms with Gasteiger partial charge in [0, 0.05) is 72.1 Å². The maximum atomic E-state index is 9.48. The monoisotopic (exact) mass is 1140 g/mol. The van der Waals surface area contributed by atoms with E-state index in [0.29, 0.717) is 28.4 Å². The molecule has 0 spiro atoms. The van der Waals surface area contributed by atoms with E-state index in [1.807, 2.05) is 72.9 Å². The van der Waals surface area contributed by atoms with Crippen LogP contribution in [-0.2, 0) is 37.3 Å². The van der Waals surface area contributed by atoms with Crippen LogP contribution in [0.5, 0.6) is 11.5 Å². The topological polar surface area (TPSA) is 46.7 Å². The number of furan rings is 1. The molecule has 0 saturated heterocycles. The number of ether oxygens (including phenoxy) is 1. The molecule has 0 saturated carbocycles. The van der Waals surface area contributed by atoms with Crippen LogP contribution in [0.3, 0.4) is 0 Å². The van der Waals surface area contributed by atoms with Gasteiger partial charge in [-0.05, 0) is 121 Å². The van der Waals surface area contributed by atoms with Crippen molar-refractivity contribution in [3.05, 3.63) is 211 Å². The van der Waals surface area contributed by atoms with Gasteiger partial charge in [-0.2, -0.15) is 12.1 Å². The van der Waals surface area contributed by atoms with Gasteiger partial charge in [0.15, 0.2) is 0 Å². The van der Waals surface area contributed by atoms with Crippen LogP contribution in [0, 0.1) is 18.8 Å². The number of fused-ring (bicyclic) bond motifs is 7. The molecule has 8 aromatic carbocycles. The first-order valence-electron chi connectivity index (χ1n) is 27.9. The van der Waals surface area contributed by atoms with Crippen molar-refractivity contribution in [2.75, 3.05) is 9.80 Å². The van der Waals surface area contributed by atoms with Crippen LogP contribution in [0.4, 0.5) is 22.7 Å². The zero-order chi connectivity index (χ0) is 55.8. The molecule has 7 heteroatoms. The fourth-order valence-electron chi connectivity index (χ4n) is 9.80. The van der Waals surface area contributed by atoms with E-state index in [1.165, 1.54) is 16.7 Å². The van der Waals surface area contributed by atoms with E-state index in [-0.39, 0.29) is 89.0 Å². The van der Waals surface area contributed by atoms with E-state index < -0.39 is 18.1 Å². The van der Waals surface area contributed by atoms with E-state index in [9.17, 15) is 4.11 Å². The Morgan fingerprint density at radius 2 is 1.32 bits per heavy atom. The molecule has 0 radical (unpaired) electrons. The van der Waals surface area contributed by atoms with E-state index >= 15 is 0 Å². The van der Waals surface area contributed by atoms with E-state index in [0.717, 1.165) is 50.2 Å². The number of para-hydroxylation sites is 3. The summed E-state index contributed by atoms with van der Waals surface area (Å²) in [5, 5.41) is 1.53. The Labute approximate surface area is 453 Å². The van der Waals surface area contributed by atoms with Gasteiger partial charge in [-0.3, -0.25) is 0 Å². The molecular formula is C66H57N4O2Pt-3. The predicted molar refractivity (Wildman–Crippen MR) is 298 cm³/mol. The third kappa shape index (κ3) is 8.70. The summed E-state index contributed by atoms with van der Waals surface area (Å²) in [4.78, 5) is 9.34. The number of anilines is 4. The fourth-order valence-corrected chi connectivity index (χ4v) is 9.80. The standard InChI is InChI=1S/C66H57N4O2.Pt/c1-64(2,3)45-16-14-17-47(37-45)68-41-69(59-22-12-11-21-58(59)68)48-18-15-19-49(39-48)71-50-27-30-52-55-34-42(43-24-28-54-53-20-10-13-23-61(53)72-62(54)35-43)25-31-57(55)70(60(52)40-50)63-36-44(32-33-67-63)51-29-26-46(65(4,5)6)38-56(51)66(7,8)9;/h10-38,41H,1-9H3;/q-3;/i10D,13D,20D,23D,24D,28D,35D;. The van der Waals surface area contributed by atoms with Crippen LogP contribution >= 0.6 is 0 Å². The van der Waals surface area contributed by atoms with Crippen LogP contribution in [-0.4, -0.2) is 9.55 Å². The molecular weight excluding hydrogens is 1080 g/mol. The third-order valence-electron chi connectivity index (χ3n) is 13.7. The molecule has 0 fully saturated rings. The Kier molecular flexibility index (Phi) is 9.87. The van der Waals surface area contributed by atoms with Crippen molar-refractivity contribution in [3.8, 4) is 39.6 Å². The first-order valence-corrected chi connectivity index (χ1v) is 24.4. The zero-order valence-corrected chi connectivity index (χ0v) is 44.5. The molecule has 0 atom stereocenters. The summed E-state index contributed by atoms with van der Waals surface area (Å²) in [5.41, 5.74) is 11.2. The van der Waals surface area contributed by atoms with Crippen LogP contribution in [0.2, 0.25) is 0 Å². The normalized spacial score (nSPS) is 14.4. The maximum Gasteiger partial charge on any atom is 0.136 e. The summed E-state index contributed by atoms with van der Waals surface area (Å²) in [5.74, 6) is 1.55. The summed E-state index contributed by atoms with van der Waals surface area (Å²) in [6, 6.07) is 47.8. The molecule has 0 unspecified atom stereocenters. The number of hydrogen-bond acceptors (Lipinski definition) is 5. The third-order valence-corrected chi connectivity index (χ3v) is 13.7. The Bertz CT molecular complexity index is 4340. The average Bonchev–Trinajstić information content (AvgIpc) is 4.26. The van der Waals surface area contributed by atoms with Crippen LogP contribution in [0.15, 0.2) is 180 Å². The molecule has 6 nitrogen and oxygen atoms in total. The van der Waals surface area contributed by atoms with E-state index in [2.05, 4.69) is 156 Å².